The van der Waals surface area contributed by atoms with Crippen molar-refractivity contribution in [2.45, 2.75) is 13.0 Å². The first-order valence-corrected chi connectivity index (χ1v) is 7.77. The number of amides is 1. The Kier molecular flexibility index (Phi) is 6.06. The SMILES string of the molecule is COC(=O)c1ccc(NC(=O)[C@H](C)Oc2cc(Cl)ccc2Cl)cc1. The molecular weight excluding hydrogens is 353 g/mol. The molecule has 0 spiro atoms. The molecule has 0 saturated carbocycles. The van der Waals surface area contributed by atoms with Crippen molar-refractivity contribution in [3.63, 3.8) is 0 Å². The van der Waals surface area contributed by atoms with Gasteiger partial charge in [0, 0.05) is 16.8 Å². The van der Waals surface area contributed by atoms with Gasteiger partial charge in [-0.1, -0.05) is 23.2 Å². The van der Waals surface area contributed by atoms with E-state index >= 15 is 0 Å². The Balaban J connectivity index is 2.01. The lowest BCUT2D eigenvalue weighted by atomic mass is 10.2. The number of carbonyl (C=O) groups is 2. The summed E-state index contributed by atoms with van der Waals surface area (Å²) in [6.07, 6.45) is -0.791. The number of esters is 1. The first-order chi connectivity index (χ1) is 11.4. The zero-order chi connectivity index (χ0) is 17.7. The van der Waals surface area contributed by atoms with Crippen molar-refractivity contribution in [2.75, 3.05) is 12.4 Å². The predicted octanol–water partition coefficient (Wildman–Crippen LogP) is 4.19. The van der Waals surface area contributed by atoms with Crippen LogP contribution < -0.4 is 10.1 Å². The van der Waals surface area contributed by atoms with Crippen LogP contribution in [0.4, 0.5) is 5.69 Å². The second-order valence-electron chi connectivity index (χ2n) is 4.89. The normalized spacial score (nSPS) is 11.5. The number of nitrogens with one attached hydrogen (secondary N) is 1. The maximum Gasteiger partial charge on any atom is 0.337 e. The minimum absolute atomic E-state index is 0.327. The lowest BCUT2D eigenvalue weighted by Gasteiger charge is -2.16. The molecule has 1 N–H and O–H groups in total. The molecule has 0 aliphatic carbocycles. The molecule has 2 rings (SSSR count). The Bertz CT molecular complexity index is 747. The highest BCUT2D eigenvalue weighted by Gasteiger charge is 2.17. The van der Waals surface area contributed by atoms with Crippen LogP contribution in [0.2, 0.25) is 10.0 Å². The fourth-order valence-electron chi connectivity index (χ4n) is 1.86. The number of methoxy groups -OCH3 is 1. The van der Waals surface area contributed by atoms with Crippen molar-refractivity contribution in [2.24, 2.45) is 0 Å². The molecule has 126 valence electrons. The van der Waals surface area contributed by atoms with E-state index in [4.69, 9.17) is 27.9 Å². The monoisotopic (exact) mass is 367 g/mol. The summed E-state index contributed by atoms with van der Waals surface area (Å²) in [6, 6.07) is 11.1. The highest BCUT2D eigenvalue weighted by atomic mass is 35.5. The van der Waals surface area contributed by atoms with Crippen LogP contribution in [0.5, 0.6) is 5.75 Å². The van der Waals surface area contributed by atoms with Crippen LogP contribution in [0, 0.1) is 0 Å². The van der Waals surface area contributed by atoms with Gasteiger partial charge < -0.3 is 14.8 Å². The van der Waals surface area contributed by atoms with Gasteiger partial charge in [-0.2, -0.15) is 0 Å². The van der Waals surface area contributed by atoms with Crippen molar-refractivity contribution in [1.29, 1.82) is 0 Å². The van der Waals surface area contributed by atoms with E-state index in [1.54, 1.807) is 49.4 Å². The molecule has 1 amide bonds. The van der Waals surface area contributed by atoms with E-state index < -0.39 is 12.1 Å². The molecule has 2 aromatic rings. The largest absolute Gasteiger partial charge is 0.479 e. The summed E-state index contributed by atoms with van der Waals surface area (Å²) < 4.78 is 10.1. The average molecular weight is 368 g/mol. The Morgan fingerprint density at radius 1 is 1.08 bits per heavy atom. The molecule has 0 bridgehead atoms. The lowest BCUT2D eigenvalue weighted by molar-refractivity contribution is -0.122. The van der Waals surface area contributed by atoms with Gasteiger partial charge in [0.05, 0.1) is 17.7 Å². The van der Waals surface area contributed by atoms with E-state index in [2.05, 4.69) is 10.1 Å². The maximum absolute atomic E-state index is 12.2. The van der Waals surface area contributed by atoms with E-state index in [1.807, 2.05) is 0 Å². The number of rotatable bonds is 5. The van der Waals surface area contributed by atoms with Crippen LogP contribution in [0.25, 0.3) is 0 Å². The van der Waals surface area contributed by atoms with Gasteiger partial charge in [0.25, 0.3) is 5.91 Å². The molecule has 2 aromatic carbocycles. The van der Waals surface area contributed by atoms with Crippen LogP contribution >= 0.6 is 23.2 Å². The predicted molar refractivity (Wildman–Crippen MR) is 93.0 cm³/mol. The van der Waals surface area contributed by atoms with Crippen LogP contribution in [0.1, 0.15) is 17.3 Å². The molecule has 0 aliphatic heterocycles. The van der Waals surface area contributed by atoms with Gasteiger partial charge in [0.15, 0.2) is 6.10 Å². The van der Waals surface area contributed by atoms with Crippen LogP contribution in [-0.2, 0) is 9.53 Å². The van der Waals surface area contributed by atoms with Crippen molar-refractivity contribution in [3.05, 3.63) is 58.1 Å². The number of anilines is 1. The molecule has 24 heavy (non-hydrogen) atoms. The van der Waals surface area contributed by atoms with E-state index in [0.717, 1.165) is 0 Å². The third-order valence-electron chi connectivity index (χ3n) is 3.14. The number of halogens is 2. The Morgan fingerprint density at radius 3 is 2.38 bits per heavy atom. The third-order valence-corrected chi connectivity index (χ3v) is 3.69. The maximum atomic E-state index is 12.2. The molecular formula is C17H15Cl2NO4. The summed E-state index contributed by atoms with van der Waals surface area (Å²) in [5.41, 5.74) is 0.922. The van der Waals surface area contributed by atoms with E-state index in [1.165, 1.54) is 7.11 Å². The number of hydrogen-bond donors (Lipinski definition) is 1. The quantitative estimate of drug-likeness (QED) is 0.804. The highest BCUT2D eigenvalue weighted by molar-refractivity contribution is 6.34. The molecule has 0 unspecified atom stereocenters. The number of benzene rings is 2. The summed E-state index contributed by atoms with van der Waals surface area (Å²) in [5, 5.41) is 3.51. The standard InChI is InChI=1S/C17H15Cl2NO4/c1-10(24-15-9-12(18)5-8-14(15)19)16(21)20-13-6-3-11(4-7-13)17(22)23-2/h3-10H,1-2H3,(H,20,21)/t10-/m0/s1. The molecule has 0 fully saturated rings. The van der Waals surface area contributed by atoms with Crippen molar-refractivity contribution in [3.8, 4) is 5.75 Å². The van der Waals surface area contributed by atoms with E-state index in [-0.39, 0.29) is 5.91 Å². The average Bonchev–Trinajstić information content (AvgIpc) is 2.58. The summed E-state index contributed by atoms with van der Waals surface area (Å²) >= 11 is 11.9. The van der Waals surface area contributed by atoms with Gasteiger partial charge in [0.2, 0.25) is 0 Å². The van der Waals surface area contributed by atoms with Crippen LogP contribution in [-0.4, -0.2) is 25.1 Å². The molecule has 1 atom stereocenters. The molecule has 0 aromatic heterocycles. The molecule has 0 heterocycles. The van der Waals surface area contributed by atoms with Gasteiger partial charge in [-0.05, 0) is 43.3 Å². The highest BCUT2D eigenvalue weighted by Crippen LogP contribution is 2.28. The smallest absolute Gasteiger partial charge is 0.337 e. The lowest BCUT2D eigenvalue weighted by Crippen LogP contribution is -2.30. The first-order valence-electron chi connectivity index (χ1n) is 7.01. The number of ether oxygens (including phenoxy) is 2. The summed E-state index contributed by atoms with van der Waals surface area (Å²) in [6.45, 7) is 1.59. The molecule has 0 saturated heterocycles. The molecule has 5 nitrogen and oxygen atoms in total. The minimum atomic E-state index is -0.791. The zero-order valence-electron chi connectivity index (χ0n) is 13.0. The number of carbonyl (C=O) groups excluding carboxylic acids is 2. The first kappa shape index (κ1) is 18.1. The fraction of sp³-hybridized carbons (Fsp3) is 0.176. The number of hydrogen-bond acceptors (Lipinski definition) is 4. The van der Waals surface area contributed by atoms with Gasteiger partial charge in [-0.15, -0.1) is 0 Å². The van der Waals surface area contributed by atoms with Crippen molar-refractivity contribution < 1.29 is 19.1 Å². The third kappa shape index (κ3) is 4.63. The topological polar surface area (TPSA) is 64.6 Å². The van der Waals surface area contributed by atoms with Gasteiger partial charge >= 0.3 is 5.97 Å². The van der Waals surface area contributed by atoms with Crippen LogP contribution in [0.3, 0.4) is 0 Å². The second-order valence-corrected chi connectivity index (χ2v) is 5.74. The summed E-state index contributed by atoms with van der Waals surface area (Å²) in [5.74, 6) is -0.482. The van der Waals surface area contributed by atoms with Crippen LogP contribution in [0.15, 0.2) is 42.5 Å². The molecule has 0 radical (unpaired) electrons. The van der Waals surface area contributed by atoms with E-state index in [0.29, 0.717) is 27.0 Å². The zero-order valence-corrected chi connectivity index (χ0v) is 14.5. The van der Waals surface area contributed by atoms with Gasteiger partial charge in [-0.3, -0.25) is 4.79 Å². The summed E-state index contributed by atoms with van der Waals surface area (Å²) in [4.78, 5) is 23.5. The fourth-order valence-corrected chi connectivity index (χ4v) is 2.19. The van der Waals surface area contributed by atoms with Crippen molar-refractivity contribution >= 4 is 40.8 Å². The van der Waals surface area contributed by atoms with Gasteiger partial charge in [-0.25, -0.2) is 4.79 Å². The Morgan fingerprint density at radius 2 is 1.75 bits per heavy atom. The minimum Gasteiger partial charge on any atom is -0.479 e. The molecule has 0 aliphatic rings. The molecule has 7 heteroatoms. The van der Waals surface area contributed by atoms with Gasteiger partial charge in [0.1, 0.15) is 5.75 Å². The second kappa shape index (κ2) is 8.04. The summed E-state index contributed by atoms with van der Waals surface area (Å²) in [7, 11) is 1.30. The van der Waals surface area contributed by atoms with E-state index in [9.17, 15) is 9.59 Å². The Labute approximate surface area is 149 Å². The van der Waals surface area contributed by atoms with Crippen molar-refractivity contribution in [1.82, 2.24) is 0 Å². The Hall–Kier alpha value is -2.24.